The van der Waals surface area contributed by atoms with Crippen molar-refractivity contribution in [3.63, 3.8) is 0 Å². The third-order valence-electron chi connectivity index (χ3n) is 7.03. The fourth-order valence-electron chi connectivity index (χ4n) is 5.39. The van der Waals surface area contributed by atoms with E-state index in [0.29, 0.717) is 19.3 Å². The van der Waals surface area contributed by atoms with Gasteiger partial charge in [-0.3, -0.25) is 19.9 Å². The number of esters is 1. The number of rotatable bonds is 5. The fraction of sp³-hybridized carbons (Fsp3) is 0.448. The van der Waals surface area contributed by atoms with Gasteiger partial charge in [-0.1, -0.05) is 30.3 Å². The van der Waals surface area contributed by atoms with Crippen LogP contribution in [0.15, 0.2) is 54.6 Å². The number of nitrogens with one attached hydrogen (secondary N) is 1. The maximum atomic E-state index is 13.4. The van der Waals surface area contributed by atoms with Crippen LogP contribution in [0.4, 0.5) is 32.0 Å². The Kier molecular flexibility index (Phi) is 8.29. The molecule has 1 amide bonds. The molecule has 0 aromatic heterocycles. The summed E-state index contributed by atoms with van der Waals surface area (Å²) in [6.45, 7) is 5.22. The number of benzene rings is 2. The van der Waals surface area contributed by atoms with E-state index in [1.165, 1.54) is 6.08 Å². The zero-order chi connectivity index (χ0) is 31.1. The lowest BCUT2D eigenvalue weighted by Crippen LogP contribution is -2.47. The van der Waals surface area contributed by atoms with E-state index in [1.807, 2.05) is 0 Å². The quantitative estimate of drug-likeness (QED) is 0.306. The molecule has 1 unspecified atom stereocenters. The molecule has 4 rings (SSSR count). The predicted octanol–water partition coefficient (Wildman–Crippen LogP) is 6.65. The highest BCUT2D eigenvalue weighted by Gasteiger charge is 2.53. The Hall–Kier alpha value is -3.74. The summed E-state index contributed by atoms with van der Waals surface area (Å²) in [7, 11) is 0.853. The van der Waals surface area contributed by atoms with Crippen molar-refractivity contribution in [2.75, 3.05) is 11.9 Å². The number of anilines is 1. The van der Waals surface area contributed by atoms with Gasteiger partial charge in [-0.25, -0.2) is 0 Å². The van der Waals surface area contributed by atoms with Crippen LogP contribution in [-0.4, -0.2) is 42.7 Å². The van der Waals surface area contributed by atoms with Crippen LogP contribution in [0.1, 0.15) is 57.1 Å². The number of hydrogen-bond acceptors (Lipinski definition) is 6. The van der Waals surface area contributed by atoms with E-state index < -0.39 is 53.2 Å². The highest BCUT2D eigenvalue weighted by atomic mass is 19.4. The summed E-state index contributed by atoms with van der Waals surface area (Å²) in [5.74, 6) is -4.70. The van der Waals surface area contributed by atoms with Crippen molar-refractivity contribution in [2.24, 2.45) is 5.92 Å². The summed E-state index contributed by atoms with van der Waals surface area (Å²) in [6.07, 6.45) is -7.48. The Morgan fingerprint density at radius 1 is 1.02 bits per heavy atom. The lowest BCUT2D eigenvalue weighted by atomic mass is 9.65. The molecule has 7 nitrogen and oxygen atoms in total. The number of halogens is 6. The summed E-state index contributed by atoms with van der Waals surface area (Å²) in [5, 5.41) is 0. The number of hydrogen-bond donors (Lipinski definition) is 1. The second-order valence-corrected chi connectivity index (χ2v) is 11.2. The molecule has 0 bridgehead atoms. The molecule has 1 aliphatic carbocycles. The third-order valence-corrected chi connectivity index (χ3v) is 7.03. The van der Waals surface area contributed by atoms with Gasteiger partial charge in [-0.05, 0) is 69.9 Å². The predicted molar refractivity (Wildman–Crippen MR) is 140 cm³/mol. The molecule has 1 spiro atoms. The molecule has 0 radical (unpaired) electrons. The van der Waals surface area contributed by atoms with Gasteiger partial charge in [-0.15, -0.1) is 13.2 Å². The van der Waals surface area contributed by atoms with Crippen molar-refractivity contribution >= 4 is 23.3 Å². The topological polar surface area (TPSA) is 77.1 Å². The van der Waals surface area contributed by atoms with Gasteiger partial charge < -0.3 is 14.4 Å². The highest BCUT2D eigenvalue weighted by Crippen LogP contribution is 2.51. The van der Waals surface area contributed by atoms with Crippen molar-refractivity contribution < 1.29 is 50.2 Å². The summed E-state index contributed by atoms with van der Waals surface area (Å²) in [5.41, 5.74) is 0.677. The number of hydroxylamine groups is 1. The van der Waals surface area contributed by atoms with Gasteiger partial charge >= 0.3 is 24.4 Å². The highest BCUT2D eigenvalue weighted by molar-refractivity contribution is 5.97. The maximum Gasteiger partial charge on any atom is 0.573 e. The molecule has 2 aliphatic rings. The zero-order valence-corrected chi connectivity index (χ0v) is 23.2. The van der Waals surface area contributed by atoms with Gasteiger partial charge in [0.2, 0.25) is 0 Å². The van der Waals surface area contributed by atoms with Crippen LogP contribution in [0.3, 0.4) is 0 Å². The van der Waals surface area contributed by atoms with Crippen LogP contribution in [0.25, 0.3) is 5.70 Å². The Bertz CT molecular complexity index is 1350. The minimum Gasteiger partial charge on any atom is -0.460 e. The fourth-order valence-corrected chi connectivity index (χ4v) is 5.39. The number of nitrogens with zero attached hydrogens (tertiary/aromatic N) is 1. The Balaban J connectivity index is 1.82. The van der Waals surface area contributed by atoms with Crippen LogP contribution in [0.5, 0.6) is 5.75 Å². The summed E-state index contributed by atoms with van der Waals surface area (Å²) in [4.78, 5) is 31.6. The lowest BCUT2D eigenvalue weighted by Gasteiger charge is -2.43. The Morgan fingerprint density at radius 3 is 2.29 bits per heavy atom. The smallest absolute Gasteiger partial charge is 0.460 e. The van der Waals surface area contributed by atoms with E-state index in [2.05, 4.69) is 10.2 Å². The standard InChI is InChI=1S/C29H30F6N2O5/c1-26(2,3)41-24(38)19-11-8-14-27(23(19)17-9-6-5-7-10-17)16-21(36-42-27)20-15-18(37(4)25(39)28(30,31)32)12-13-22(20)40-29(33,34)35/h5-7,9-10,12-13,15-16,19,23,36H,8,11,14H2,1-4H3/t19?,23-,27+/m1/s1. The van der Waals surface area contributed by atoms with E-state index in [0.717, 1.165) is 30.8 Å². The van der Waals surface area contributed by atoms with Gasteiger partial charge in [0.1, 0.15) is 17.0 Å². The van der Waals surface area contributed by atoms with Crippen molar-refractivity contribution in [3.8, 4) is 5.75 Å². The van der Waals surface area contributed by atoms with E-state index in [4.69, 9.17) is 9.57 Å². The van der Waals surface area contributed by atoms with E-state index >= 15 is 0 Å². The second-order valence-electron chi connectivity index (χ2n) is 11.2. The summed E-state index contributed by atoms with van der Waals surface area (Å²) in [6, 6.07) is 11.7. The largest absolute Gasteiger partial charge is 0.573 e. The summed E-state index contributed by atoms with van der Waals surface area (Å²) < 4.78 is 89.0. The number of carbonyl (C=O) groups excluding carboxylic acids is 2. The van der Waals surface area contributed by atoms with Crippen molar-refractivity contribution in [3.05, 3.63) is 65.7 Å². The van der Waals surface area contributed by atoms with E-state index in [1.54, 1.807) is 51.1 Å². The molecule has 2 aromatic carbocycles. The molecule has 1 saturated carbocycles. The molecule has 228 valence electrons. The normalized spacial score (nSPS) is 22.8. The van der Waals surface area contributed by atoms with Crippen LogP contribution in [0, 0.1) is 5.92 Å². The monoisotopic (exact) mass is 600 g/mol. The van der Waals surface area contributed by atoms with E-state index in [9.17, 15) is 35.9 Å². The van der Waals surface area contributed by atoms with Crippen molar-refractivity contribution in [1.29, 1.82) is 0 Å². The van der Waals surface area contributed by atoms with Crippen LogP contribution >= 0.6 is 0 Å². The average Bonchev–Trinajstić information content (AvgIpc) is 3.29. The number of alkyl halides is 6. The van der Waals surface area contributed by atoms with Crippen LogP contribution in [0.2, 0.25) is 0 Å². The molecule has 1 fully saturated rings. The molecule has 13 heteroatoms. The number of carbonyl (C=O) groups is 2. The molecule has 1 aliphatic heterocycles. The lowest BCUT2D eigenvalue weighted by molar-refractivity contribution is -0.274. The molecule has 1 heterocycles. The molecule has 42 heavy (non-hydrogen) atoms. The molecular weight excluding hydrogens is 570 g/mol. The Morgan fingerprint density at radius 2 is 1.69 bits per heavy atom. The first-order valence-electron chi connectivity index (χ1n) is 13.1. The first-order chi connectivity index (χ1) is 19.4. The average molecular weight is 601 g/mol. The minimum atomic E-state index is -5.21. The molecular formula is C29H30F6N2O5. The second kappa shape index (κ2) is 11.2. The van der Waals surface area contributed by atoms with Crippen LogP contribution in [-0.2, 0) is 19.2 Å². The minimum absolute atomic E-state index is 0.0327. The molecule has 2 aromatic rings. The van der Waals surface area contributed by atoms with E-state index in [-0.39, 0.29) is 21.8 Å². The first kappa shape index (κ1) is 31.2. The maximum absolute atomic E-state index is 13.4. The molecule has 0 saturated heterocycles. The number of ether oxygens (including phenoxy) is 2. The van der Waals surface area contributed by atoms with Crippen LogP contribution < -0.4 is 15.1 Å². The van der Waals surface area contributed by atoms with Gasteiger partial charge in [0, 0.05) is 24.2 Å². The zero-order valence-electron chi connectivity index (χ0n) is 23.2. The third kappa shape index (κ3) is 6.83. The first-order valence-corrected chi connectivity index (χ1v) is 13.1. The van der Waals surface area contributed by atoms with Crippen molar-refractivity contribution in [2.45, 2.75) is 69.7 Å². The van der Waals surface area contributed by atoms with Gasteiger partial charge in [0.15, 0.2) is 0 Å². The SMILES string of the molecule is CN(C(=O)C(F)(F)F)c1ccc(OC(F)(F)F)c(C2=C[C@]3(CCCC(C(=O)OC(C)(C)C)[C@H]3c3ccccc3)ON2)c1. The molecule has 3 atom stereocenters. The van der Waals surface area contributed by atoms with Gasteiger partial charge in [0.05, 0.1) is 11.6 Å². The molecule has 1 N–H and O–H groups in total. The number of amides is 1. The van der Waals surface area contributed by atoms with Crippen molar-refractivity contribution in [1.82, 2.24) is 5.48 Å². The summed E-state index contributed by atoms with van der Waals surface area (Å²) >= 11 is 0. The van der Waals surface area contributed by atoms with Gasteiger partial charge in [-0.2, -0.15) is 13.2 Å². The Labute approximate surface area is 238 Å². The van der Waals surface area contributed by atoms with Gasteiger partial charge in [0.25, 0.3) is 0 Å².